The van der Waals surface area contributed by atoms with Gasteiger partial charge < -0.3 is 10.6 Å². The molecule has 3 rings (SSSR count). The maximum atomic E-state index is 12.1. The van der Waals surface area contributed by atoms with Crippen LogP contribution in [0.3, 0.4) is 0 Å². The number of carbonyl (C=O) groups excluding carboxylic acids is 2. The van der Waals surface area contributed by atoms with E-state index in [4.69, 9.17) is 0 Å². The quantitative estimate of drug-likeness (QED) is 0.772. The average molecular weight is 308 g/mol. The van der Waals surface area contributed by atoms with Crippen LogP contribution in [0.15, 0.2) is 6.07 Å². The van der Waals surface area contributed by atoms with Gasteiger partial charge in [-0.1, -0.05) is 0 Å². The summed E-state index contributed by atoms with van der Waals surface area (Å²) in [5.74, 6) is 0.966. The Morgan fingerprint density at radius 1 is 1.52 bits per heavy atom. The van der Waals surface area contributed by atoms with Crippen LogP contribution < -0.4 is 10.6 Å². The van der Waals surface area contributed by atoms with Crippen LogP contribution in [0.25, 0.3) is 0 Å². The largest absolute Gasteiger partial charge is 0.349 e. The van der Waals surface area contributed by atoms with Gasteiger partial charge in [0.1, 0.15) is 6.04 Å². The minimum Gasteiger partial charge on any atom is -0.349 e. The van der Waals surface area contributed by atoms with Gasteiger partial charge in [0.2, 0.25) is 11.8 Å². The molecule has 3 N–H and O–H groups in total. The smallest absolute Gasteiger partial charge is 0.243 e. The minimum absolute atomic E-state index is 0.0866. The average Bonchev–Trinajstić information content (AvgIpc) is 3.18. The summed E-state index contributed by atoms with van der Waals surface area (Å²) in [6, 6.07) is 1.55. The molecular weight excluding hydrogens is 288 g/mol. The first-order valence-electron chi connectivity index (χ1n) is 7.22. The van der Waals surface area contributed by atoms with Crippen LogP contribution in [0.2, 0.25) is 0 Å². The molecule has 2 amide bonds. The first-order valence-corrected chi connectivity index (χ1v) is 8.21. The van der Waals surface area contributed by atoms with Crippen molar-refractivity contribution in [3.63, 3.8) is 0 Å². The molecule has 1 atom stereocenters. The monoisotopic (exact) mass is 308 g/mol. The lowest BCUT2D eigenvalue weighted by atomic mass is 10.1. The Labute approximate surface area is 127 Å². The zero-order valence-corrected chi connectivity index (χ0v) is 13.0. The lowest BCUT2D eigenvalue weighted by molar-refractivity contribution is -0.129. The van der Waals surface area contributed by atoms with Crippen LogP contribution >= 0.6 is 11.8 Å². The predicted octanol–water partition coefficient (Wildman–Crippen LogP) is 0.913. The number of hydrogen-bond acceptors (Lipinski definition) is 4. The highest BCUT2D eigenvalue weighted by Crippen LogP contribution is 2.38. The third-order valence-electron chi connectivity index (χ3n) is 3.88. The van der Waals surface area contributed by atoms with Crippen molar-refractivity contribution in [1.29, 1.82) is 0 Å². The first kappa shape index (κ1) is 14.4. The van der Waals surface area contributed by atoms with E-state index in [0.29, 0.717) is 18.2 Å². The van der Waals surface area contributed by atoms with Crippen molar-refractivity contribution in [1.82, 2.24) is 20.8 Å². The fourth-order valence-electron chi connectivity index (χ4n) is 2.24. The number of aromatic nitrogens is 2. The van der Waals surface area contributed by atoms with Crippen LogP contribution in [0, 0.1) is 0 Å². The van der Waals surface area contributed by atoms with Crippen molar-refractivity contribution < 1.29 is 9.59 Å². The van der Waals surface area contributed by atoms with Crippen molar-refractivity contribution in [2.24, 2.45) is 0 Å². The van der Waals surface area contributed by atoms with E-state index in [1.807, 2.05) is 19.9 Å². The number of hydrogen-bond donors (Lipinski definition) is 3. The molecule has 1 aromatic rings. The summed E-state index contributed by atoms with van der Waals surface area (Å²) in [4.78, 5) is 24.0. The third kappa shape index (κ3) is 3.23. The Balaban J connectivity index is 1.50. The van der Waals surface area contributed by atoms with Gasteiger partial charge in [-0.05, 0) is 32.8 Å². The summed E-state index contributed by atoms with van der Waals surface area (Å²) in [5, 5.41) is 12.8. The Morgan fingerprint density at radius 2 is 2.29 bits per heavy atom. The van der Waals surface area contributed by atoms with Gasteiger partial charge in [0.05, 0.1) is 22.7 Å². The number of rotatable bonds is 4. The summed E-state index contributed by atoms with van der Waals surface area (Å²) < 4.78 is -0.459. The second-order valence-electron chi connectivity index (χ2n) is 6.16. The predicted molar refractivity (Wildman–Crippen MR) is 80.9 cm³/mol. The summed E-state index contributed by atoms with van der Waals surface area (Å²) in [5.41, 5.74) is 1.99. The molecule has 0 bridgehead atoms. The molecule has 1 aliphatic carbocycles. The molecule has 0 radical (unpaired) electrons. The molecule has 1 saturated carbocycles. The number of H-pyrrole nitrogens is 1. The number of thioether (sulfide) groups is 1. The molecule has 1 aliphatic heterocycles. The standard InChI is InChI=1S/C14H20N4O2S/c1-14(2)13(20)16-11(7-21-14)12(19)15-6-9-5-10(18-17-9)8-3-4-8/h5,8,11H,3-4,6-7H2,1-2H3,(H,15,19)(H,16,20)(H,17,18). The van der Waals surface area contributed by atoms with E-state index >= 15 is 0 Å². The van der Waals surface area contributed by atoms with Crippen molar-refractivity contribution in [3.05, 3.63) is 17.5 Å². The van der Waals surface area contributed by atoms with E-state index in [0.717, 1.165) is 11.4 Å². The molecule has 6 nitrogen and oxygen atoms in total. The van der Waals surface area contributed by atoms with E-state index in [9.17, 15) is 9.59 Å². The van der Waals surface area contributed by atoms with Gasteiger partial charge >= 0.3 is 0 Å². The van der Waals surface area contributed by atoms with E-state index in [2.05, 4.69) is 20.8 Å². The van der Waals surface area contributed by atoms with E-state index in [1.54, 1.807) is 0 Å². The molecule has 21 heavy (non-hydrogen) atoms. The molecular formula is C14H20N4O2S. The Bertz CT molecular complexity index is 565. The summed E-state index contributed by atoms with van der Waals surface area (Å²) in [6.07, 6.45) is 2.41. The van der Waals surface area contributed by atoms with Gasteiger partial charge in [0, 0.05) is 11.7 Å². The molecule has 1 saturated heterocycles. The number of nitrogens with zero attached hydrogens (tertiary/aromatic N) is 1. The second kappa shape index (κ2) is 5.36. The third-order valence-corrected chi connectivity index (χ3v) is 5.29. The molecule has 2 fully saturated rings. The van der Waals surface area contributed by atoms with Gasteiger partial charge in [-0.15, -0.1) is 11.8 Å². The van der Waals surface area contributed by atoms with Crippen LogP contribution in [-0.4, -0.2) is 38.6 Å². The molecule has 114 valence electrons. The number of nitrogens with one attached hydrogen (secondary N) is 3. The molecule has 7 heteroatoms. The van der Waals surface area contributed by atoms with Crippen molar-refractivity contribution in [2.75, 3.05) is 5.75 Å². The lowest BCUT2D eigenvalue weighted by Crippen LogP contribution is -2.57. The molecule has 2 heterocycles. The highest BCUT2D eigenvalue weighted by Gasteiger charge is 2.37. The fraction of sp³-hybridized carbons (Fsp3) is 0.643. The summed E-state index contributed by atoms with van der Waals surface area (Å²) in [7, 11) is 0. The molecule has 1 aromatic heterocycles. The van der Waals surface area contributed by atoms with Crippen molar-refractivity contribution in [2.45, 2.75) is 49.9 Å². The van der Waals surface area contributed by atoms with Crippen LogP contribution in [0.5, 0.6) is 0 Å². The molecule has 0 aromatic carbocycles. The van der Waals surface area contributed by atoms with E-state index in [-0.39, 0.29) is 11.8 Å². The summed E-state index contributed by atoms with van der Waals surface area (Å²) >= 11 is 1.51. The molecule has 1 unspecified atom stereocenters. The van der Waals surface area contributed by atoms with Crippen LogP contribution in [0.4, 0.5) is 0 Å². The van der Waals surface area contributed by atoms with E-state index in [1.165, 1.54) is 24.6 Å². The zero-order chi connectivity index (χ0) is 15.0. The van der Waals surface area contributed by atoms with Crippen LogP contribution in [-0.2, 0) is 16.1 Å². The fourth-order valence-corrected chi connectivity index (χ4v) is 3.24. The second-order valence-corrected chi connectivity index (χ2v) is 7.80. The molecule has 0 spiro atoms. The summed E-state index contributed by atoms with van der Waals surface area (Å²) in [6.45, 7) is 4.15. The number of carbonyl (C=O) groups is 2. The van der Waals surface area contributed by atoms with Crippen molar-refractivity contribution >= 4 is 23.6 Å². The maximum absolute atomic E-state index is 12.1. The Morgan fingerprint density at radius 3 is 2.95 bits per heavy atom. The van der Waals surface area contributed by atoms with Gasteiger partial charge in [-0.25, -0.2) is 0 Å². The normalized spacial score (nSPS) is 24.5. The van der Waals surface area contributed by atoms with Crippen LogP contribution in [0.1, 0.15) is 44.0 Å². The highest BCUT2D eigenvalue weighted by atomic mass is 32.2. The maximum Gasteiger partial charge on any atom is 0.243 e. The number of amides is 2. The SMILES string of the molecule is CC1(C)SCC(C(=O)NCc2cc(C3CC3)n[nH]2)NC1=O. The Hall–Kier alpha value is -1.50. The minimum atomic E-state index is -0.459. The zero-order valence-electron chi connectivity index (χ0n) is 12.2. The first-order chi connectivity index (χ1) is 9.95. The van der Waals surface area contributed by atoms with Gasteiger partial charge in [-0.2, -0.15) is 5.10 Å². The van der Waals surface area contributed by atoms with E-state index < -0.39 is 10.8 Å². The molecule has 2 aliphatic rings. The van der Waals surface area contributed by atoms with Crippen molar-refractivity contribution in [3.8, 4) is 0 Å². The lowest BCUT2D eigenvalue weighted by Gasteiger charge is -2.32. The van der Waals surface area contributed by atoms with Gasteiger partial charge in [-0.3, -0.25) is 14.7 Å². The van der Waals surface area contributed by atoms with Gasteiger partial charge in [0.15, 0.2) is 0 Å². The Kier molecular flexibility index (Phi) is 3.69. The topological polar surface area (TPSA) is 86.9 Å². The number of aromatic amines is 1. The van der Waals surface area contributed by atoms with Gasteiger partial charge in [0.25, 0.3) is 0 Å². The highest BCUT2D eigenvalue weighted by molar-refractivity contribution is 8.01.